The van der Waals surface area contributed by atoms with Gasteiger partial charge in [0.25, 0.3) is 0 Å². The number of aliphatic imine (C=N–C) groups is 1. The summed E-state index contributed by atoms with van der Waals surface area (Å²) in [6, 6.07) is 39.5. The average molecular weight is 517 g/mol. The molecule has 2 heteroatoms. The molecule has 1 aliphatic rings. The van der Waals surface area contributed by atoms with Gasteiger partial charge < -0.3 is 4.98 Å². The molecule has 0 radical (unpaired) electrons. The lowest BCUT2D eigenvalue weighted by atomic mass is 9.90. The van der Waals surface area contributed by atoms with Crippen molar-refractivity contribution in [2.45, 2.75) is 33.6 Å². The Morgan fingerprint density at radius 2 is 1.20 bits per heavy atom. The van der Waals surface area contributed by atoms with Crippen LogP contribution in [0, 0.1) is 20.8 Å². The van der Waals surface area contributed by atoms with E-state index in [1.165, 1.54) is 66.2 Å². The predicted molar refractivity (Wildman–Crippen MR) is 170 cm³/mol. The third kappa shape index (κ3) is 4.36. The number of nitrogens with one attached hydrogen (secondary N) is 1. The second-order valence-electron chi connectivity index (χ2n) is 11.1. The van der Waals surface area contributed by atoms with Gasteiger partial charge in [-0.2, -0.15) is 0 Å². The first-order valence-electron chi connectivity index (χ1n) is 14.1. The van der Waals surface area contributed by atoms with Gasteiger partial charge in [-0.25, -0.2) is 0 Å². The van der Waals surface area contributed by atoms with Crippen molar-refractivity contribution >= 4 is 32.8 Å². The van der Waals surface area contributed by atoms with Crippen LogP contribution in [-0.2, 0) is 0 Å². The fourth-order valence-electron chi connectivity index (χ4n) is 6.35. The number of nitrogens with zero attached hydrogens (tertiary/aromatic N) is 1. The van der Waals surface area contributed by atoms with Crippen LogP contribution in [0.2, 0.25) is 0 Å². The number of H-pyrrole nitrogens is 1. The molecule has 2 heterocycles. The summed E-state index contributed by atoms with van der Waals surface area (Å²) in [4.78, 5) is 9.11. The number of aryl methyl sites for hydroxylation is 3. The number of rotatable bonds is 4. The maximum atomic E-state index is 5.32. The van der Waals surface area contributed by atoms with Crippen LogP contribution < -0.4 is 0 Å². The van der Waals surface area contributed by atoms with Crippen LogP contribution in [0.25, 0.3) is 38.4 Å². The SMILES string of the molecule is Cc1cc(C)c(/C(=C2\CCC(c3ccc4ccccc4c3)=N2)c2ccc(-c3ccc4ccccc4c3)[nH]2)c(C)c1. The second kappa shape index (κ2) is 9.81. The molecule has 5 aromatic carbocycles. The molecule has 0 saturated heterocycles. The number of hydrogen-bond donors (Lipinski definition) is 1. The number of hydrogen-bond acceptors (Lipinski definition) is 1. The Morgan fingerprint density at radius 1 is 0.600 bits per heavy atom. The first-order valence-corrected chi connectivity index (χ1v) is 14.1. The molecule has 0 saturated carbocycles. The molecule has 0 bridgehead atoms. The van der Waals surface area contributed by atoms with Crippen molar-refractivity contribution in [3.05, 3.63) is 148 Å². The standard InChI is InChI=1S/C38H32N2/c1-24-20-25(2)37(26(3)21-24)38(35-18-16-33(39-35)31-14-12-27-8-4-6-10-29(27)22-31)36-19-17-34(40-36)32-15-13-28-9-5-7-11-30(28)23-32/h4-16,18,20-23,39H,17,19H2,1-3H3/b38-36+. The number of aromatic nitrogens is 1. The van der Waals surface area contributed by atoms with Crippen molar-refractivity contribution < 1.29 is 0 Å². The fraction of sp³-hybridized carbons (Fsp3) is 0.132. The summed E-state index contributed by atoms with van der Waals surface area (Å²) in [5.74, 6) is 0. The maximum absolute atomic E-state index is 5.32. The molecule has 7 rings (SSSR count). The van der Waals surface area contributed by atoms with Gasteiger partial charge in [-0.05, 0) is 107 Å². The number of allylic oxidation sites excluding steroid dienone is 1. The Hall–Kier alpha value is -4.69. The Bertz CT molecular complexity index is 1960. The summed E-state index contributed by atoms with van der Waals surface area (Å²) in [5.41, 5.74) is 13.4. The Balaban J connectivity index is 1.37. The molecular formula is C38H32N2. The highest BCUT2D eigenvalue weighted by Gasteiger charge is 2.23. The van der Waals surface area contributed by atoms with Gasteiger partial charge in [0.2, 0.25) is 0 Å². The summed E-state index contributed by atoms with van der Waals surface area (Å²) >= 11 is 0. The summed E-state index contributed by atoms with van der Waals surface area (Å²) in [6.07, 6.45) is 1.87. The molecule has 0 atom stereocenters. The Morgan fingerprint density at radius 3 is 1.88 bits per heavy atom. The van der Waals surface area contributed by atoms with E-state index in [9.17, 15) is 0 Å². The molecule has 0 fully saturated rings. The van der Waals surface area contributed by atoms with Crippen molar-refractivity contribution in [1.82, 2.24) is 4.98 Å². The highest BCUT2D eigenvalue weighted by Crippen LogP contribution is 2.38. The van der Waals surface area contributed by atoms with Gasteiger partial charge in [-0.15, -0.1) is 0 Å². The fourth-order valence-corrected chi connectivity index (χ4v) is 6.35. The van der Waals surface area contributed by atoms with Crippen LogP contribution in [0.1, 0.15) is 46.4 Å². The van der Waals surface area contributed by atoms with Gasteiger partial charge >= 0.3 is 0 Å². The molecule has 40 heavy (non-hydrogen) atoms. The third-order valence-corrected chi connectivity index (χ3v) is 8.18. The van der Waals surface area contributed by atoms with E-state index >= 15 is 0 Å². The van der Waals surface area contributed by atoms with Gasteiger partial charge in [0.1, 0.15) is 0 Å². The highest BCUT2D eigenvalue weighted by molar-refractivity contribution is 6.06. The van der Waals surface area contributed by atoms with Crippen molar-refractivity contribution in [2.75, 3.05) is 0 Å². The van der Waals surface area contributed by atoms with Crippen LogP contribution in [-0.4, -0.2) is 10.7 Å². The van der Waals surface area contributed by atoms with E-state index in [2.05, 4.69) is 135 Å². The van der Waals surface area contributed by atoms with Gasteiger partial charge in [0.15, 0.2) is 0 Å². The van der Waals surface area contributed by atoms with E-state index in [0.717, 1.165) is 29.9 Å². The van der Waals surface area contributed by atoms with Crippen LogP contribution in [0.5, 0.6) is 0 Å². The number of fused-ring (bicyclic) bond motifs is 2. The first-order chi connectivity index (χ1) is 19.5. The third-order valence-electron chi connectivity index (χ3n) is 8.18. The van der Waals surface area contributed by atoms with Gasteiger partial charge in [-0.1, -0.05) is 90.5 Å². The summed E-state index contributed by atoms with van der Waals surface area (Å²) in [7, 11) is 0. The predicted octanol–water partition coefficient (Wildman–Crippen LogP) is 9.96. The van der Waals surface area contributed by atoms with E-state index in [0.29, 0.717) is 0 Å². The smallest absolute Gasteiger partial charge is 0.0510 e. The maximum Gasteiger partial charge on any atom is 0.0510 e. The van der Waals surface area contributed by atoms with Crippen LogP contribution in [0.3, 0.4) is 0 Å². The zero-order valence-electron chi connectivity index (χ0n) is 23.3. The van der Waals surface area contributed by atoms with E-state index < -0.39 is 0 Å². The summed E-state index contributed by atoms with van der Waals surface area (Å²) in [5, 5.41) is 5.03. The minimum Gasteiger partial charge on any atom is -0.354 e. The van der Waals surface area contributed by atoms with Gasteiger partial charge in [0.05, 0.1) is 5.70 Å². The topological polar surface area (TPSA) is 28.1 Å². The van der Waals surface area contributed by atoms with E-state index in [1.54, 1.807) is 0 Å². The normalized spacial score (nSPS) is 14.6. The number of benzene rings is 5. The Labute approximate surface area is 235 Å². The van der Waals surface area contributed by atoms with Crippen LogP contribution in [0.15, 0.2) is 120 Å². The van der Waals surface area contributed by atoms with E-state index in [-0.39, 0.29) is 0 Å². The molecule has 2 nitrogen and oxygen atoms in total. The van der Waals surface area contributed by atoms with Crippen molar-refractivity contribution in [3.63, 3.8) is 0 Å². The van der Waals surface area contributed by atoms with Crippen LogP contribution in [0.4, 0.5) is 0 Å². The summed E-state index contributed by atoms with van der Waals surface area (Å²) in [6.45, 7) is 6.63. The molecule has 0 amide bonds. The number of aromatic amines is 1. The van der Waals surface area contributed by atoms with Crippen molar-refractivity contribution in [2.24, 2.45) is 4.99 Å². The quantitative estimate of drug-likeness (QED) is 0.241. The minimum absolute atomic E-state index is 0.925. The second-order valence-corrected chi connectivity index (χ2v) is 11.1. The largest absolute Gasteiger partial charge is 0.354 e. The molecule has 6 aromatic rings. The lowest BCUT2D eigenvalue weighted by molar-refractivity contribution is 1.06. The molecule has 1 aromatic heterocycles. The van der Waals surface area contributed by atoms with Gasteiger partial charge in [0, 0.05) is 22.7 Å². The van der Waals surface area contributed by atoms with E-state index in [1.807, 2.05) is 0 Å². The zero-order chi connectivity index (χ0) is 27.2. The molecule has 0 unspecified atom stereocenters. The lowest BCUT2D eigenvalue weighted by Gasteiger charge is -2.16. The Kier molecular flexibility index (Phi) is 5.97. The lowest BCUT2D eigenvalue weighted by Crippen LogP contribution is -1.99. The monoisotopic (exact) mass is 516 g/mol. The minimum atomic E-state index is 0.925. The molecule has 0 aliphatic carbocycles. The zero-order valence-corrected chi connectivity index (χ0v) is 23.3. The molecule has 1 aliphatic heterocycles. The van der Waals surface area contributed by atoms with Crippen molar-refractivity contribution in [3.8, 4) is 11.3 Å². The molecular weight excluding hydrogens is 484 g/mol. The van der Waals surface area contributed by atoms with Crippen LogP contribution >= 0.6 is 0 Å². The first kappa shape index (κ1) is 24.4. The molecule has 1 N–H and O–H groups in total. The van der Waals surface area contributed by atoms with E-state index in [4.69, 9.17) is 4.99 Å². The van der Waals surface area contributed by atoms with Gasteiger partial charge in [-0.3, -0.25) is 4.99 Å². The average Bonchev–Trinajstić information content (AvgIpc) is 3.65. The summed E-state index contributed by atoms with van der Waals surface area (Å²) < 4.78 is 0. The molecule has 194 valence electrons. The highest BCUT2D eigenvalue weighted by atomic mass is 14.8. The molecule has 0 spiro atoms. The van der Waals surface area contributed by atoms with Crippen molar-refractivity contribution in [1.29, 1.82) is 0 Å².